The summed E-state index contributed by atoms with van der Waals surface area (Å²) in [5, 5.41) is 2.74. The van der Waals surface area contributed by atoms with Crippen molar-refractivity contribution in [2.75, 3.05) is 5.32 Å². The third-order valence-corrected chi connectivity index (χ3v) is 3.27. The van der Waals surface area contributed by atoms with Gasteiger partial charge in [0.2, 0.25) is 0 Å². The highest BCUT2D eigenvalue weighted by Gasteiger charge is 2.18. The Balaban J connectivity index is 2.90. The molecule has 1 rings (SSSR count). The van der Waals surface area contributed by atoms with Crippen molar-refractivity contribution in [3.05, 3.63) is 29.0 Å². The highest BCUT2D eigenvalue weighted by atomic mass is 32.1. The summed E-state index contributed by atoms with van der Waals surface area (Å²) in [6.07, 6.45) is 1.29. The average Bonchev–Trinajstić information content (AvgIpc) is 2.57. The first-order valence-corrected chi connectivity index (χ1v) is 6.46. The van der Waals surface area contributed by atoms with Gasteiger partial charge in [-0.05, 0) is 39.3 Å². The summed E-state index contributed by atoms with van der Waals surface area (Å²) in [6, 6.07) is 1.87. The van der Waals surface area contributed by atoms with Crippen LogP contribution in [-0.4, -0.2) is 11.7 Å². The number of hydrogen-bond acceptors (Lipinski definition) is 3. The lowest BCUT2D eigenvalue weighted by Crippen LogP contribution is -2.27. The fourth-order valence-corrected chi connectivity index (χ4v) is 2.22. The number of carbonyl (C=O) groups is 1. The first-order valence-electron chi connectivity index (χ1n) is 5.65. The minimum Gasteiger partial charge on any atom is -0.444 e. The van der Waals surface area contributed by atoms with Gasteiger partial charge in [-0.2, -0.15) is 0 Å². The number of allylic oxidation sites excluding steroid dienone is 1. The molecule has 0 aliphatic carbocycles. The van der Waals surface area contributed by atoms with Gasteiger partial charge in [0.1, 0.15) is 5.60 Å². The van der Waals surface area contributed by atoms with Crippen LogP contribution in [0.4, 0.5) is 10.5 Å². The molecule has 0 fully saturated rings. The summed E-state index contributed by atoms with van der Waals surface area (Å²) in [4.78, 5) is 13.6. The van der Waals surface area contributed by atoms with Crippen LogP contribution in [-0.2, 0) is 4.74 Å². The molecule has 0 spiro atoms. The standard InChI is InChI=1S/C14H19NO2S/c1-7-10-8-11(12(18-10)9(2)3)15-13(16)17-14(4,5)6/h7-8H,1-2H2,3-6H3,(H,15,16). The van der Waals surface area contributed by atoms with Gasteiger partial charge in [0.15, 0.2) is 0 Å². The Morgan fingerprint density at radius 1 is 1.50 bits per heavy atom. The Hall–Kier alpha value is -1.55. The van der Waals surface area contributed by atoms with Crippen LogP contribution in [0, 0.1) is 0 Å². The van der Waals surface area contributed by atoms with E-state index in [1.54, 1.807) is 6.08 Å². The van der Waals surface area contributed by atoms with E-state index in [0.717, 1.165) is 21.0 Å². The second-order valence-corrected chi connectivity index (χ2v) is 6.09. The molecular formula is C14H19NO2S. The van der Waals surface area contributed by atoms with Gasteiger partial charge >= 0.3 is 6.09 Å². The Morgan fingerprint density at radius 2 is 2.11 bits per heavy atom. The SMILES string of the molecule is C=Cc1cc(NC(=O)OC(C)(C)C)c(C(=C)C)s1. The van der Waals surface area contributed by atoms with Crippen LogP contribution >= 0.6 is 11.3 Å². The zero-order valence-corrected chi connectivity index (χ0v) is 12.1. The lowest BCUT2D eigenvalue weighted by Gasteiger charge is -2.19. The maximum Gasteiger partial charge on any atom is 0.412 e. The van der Waals surface area contributed by atoms with Crippen LogP contribution in [0.1, 0.15) is 37.4 Å². The normalized spacial score (nSPS) is 10.9. The molecule has 1 heterocycles. The number of amides is 1. The van der Waals surface area contributed by atoms with E-state index in [2.05, 4.69) is 18.5 Å². The molecular weight excluding hydrogens is 246 g/mol. The monoisotopic (exact) mass is 265 g/mol. The maximum absolute atomic E-state index is 11.7. The van der Waals surface area contributed by atoms with Crippen LogP contribution in [0.25, 0.3) is 11.6 Å². The van der Waals surface area contributed by atoms with Crippen LogP contribution < -0.4 is 5.32 Å². The maximum atomic E-state index is 11.7. The predicted molar refractivity (Wildman–Crippen MR) is 79.0 cm³/mol. The molecule has 1 N–H and O–H groups in total. The second kappa shape index (κ2) is 5.40. The number of thiophene rings is 1. The molecule has 0 radical (unpaired) electrons. The Kier molecular flexibility index (Phi) is 4.35. The van der Waals surface area contributed by atoms with Crippen molar-refractivity contribution in [2.24, 2.45) is 0 Å². The van der Waals surface area contributed by atoms with Crippen molar-refractivity contribution in [3.63, 3.8) is 0 Å². The number of rotatable bonds is 3. The van der Waals surface area contributed by atoms with Crippen molar-refractivity contribution in [1.29, 1.82) is 0 Å². The Labute approximate surface area is 112 Å². The van der Waals surface area contributed by atoms with Crippen LogP contribution in [0.2, 0.25) is 0 Å². The molecule has 0 aliphatic rings. The molecule has 0 aromatic carbocycles. The molecule has 1 aromatic rings. The second-order valence-electron chi connectivity index (χ2n) is 5.00. The van der Waals surface area contributed by atoms with Gasteiger partial charge in [0.25, 0.3) is 0 Å². The fourth-order valence-electron chi connectivity index (χ4n) is 1.33. The summed E-state index contributed by atoms with van der Waals surface area (Å²) in [5.41, 5.74) is 1.11. The topological polar surface area (TPSA) is 38.3 Å². The van der Waals surface area contributed by atoms with Crippen LogP contribution in [0.3, 0.4) is 0 Å². The molecule has 0 atom stereocenters. The molecule has 1 amide bonds. The van der Waals surface area contributed by atoms with E-state index in [1.165, 1.54) is 11.3 Å². The predicted octanol–water partition coefficient (Wildman–Crippen LogP) is 4.77. The van der Waals surface area contributed by atoms with Crippen molar-refractivity contribution in [2.45, 2.75) is 33.3 Å². The lowest BCUT2D eigenvalue weighted by molar-refractivity contribution is 0.0636. The van der Waals surface area contributed by atoms with E-state index < -0.39 is 11.7 Å². The molecule has 3 nitrogen and oxygen atoms in total. The molecule has 0 bridgehead atoms. The highest BCUT2D eigenvalue weighted by molar-refractivity contribution is 7.14. The summed E-state index contributed by atoms with van der Waals surface area (Å²) in [7, 11) is 0. The van der Waals surface area contributed by atoms with Crippen molar-refractivity contribution >= 4 is 34.8 Å². The average molecular weight is 265 g/mol. The molecule has 4 heteroatoms. The van der Waals surface area contributed by atoms with E-state index in [9.17, 15) is 4.79 Å². The summed E-state index contributed by atoms with van der Waals surface area (Å²) >= 11 is 1.54. The number of nitrogens with one attached hydrogen (secondary N) is 1. The molecule has 0 saturated heterocycles. The fraction of sp³-hybridized carbons (Fsp3) is 0.357. The number of hydrogen-bond donors (Lipinski definition) is 1. The van der Waals surface area contributed by atoms with Gasteiger partial charge in [-0.1, -0.05) is 19.2 Å². The minimum absolute atomic E-state index is 0.460. The Bertz CT molecular complexity index is 480. The minimum atomic E-state index is -0.509. The molecule has 1 aromatic heterocycles. The molecule has 0 aliphatic heterocycles. The van der Waals surface area contributed by atoms with Gasteiger partial charge in [-0.3, -0.25) is 5.32 Å². The zero-order valence-electron chi connectivity index (χ0n) is 11.3. The van der Waals surface area contributed by atoms with Gasteiger partial charge in [-0.25, -0.2) is 4.79 Å². The highest BCUT2D eigenvalue weighted by Crippen LogP contribution is 2.33. The molecule has 0 unspecified atom stereocenters. The smallest absolute Gasteiger partial charge is 0.412 e. The van der Waals surface area contributed by atoms with Gasteiger partial charge < -0.3 is 4.74 Å². The third kappa shape index (κ3) is 4.04. The van der Waals surface area contributed by atoms with Gasteiger partial charge in [0, 0.05) is 4.88 Å². The summed E-state index contributed by atoms with van der Waals surface area (Å²) < 4.78 is 5.22. The van der Waals surface area contributed by atoms with Gasteiger partial charge in [-0.15, -0.1) is 11.3 Å². The largest absolute Gasteiger partial charge is 0.444 e. The van der Waals surface area contributed by atoms with E-state index in [0.29, 0.717) is 0 Å². The van der Waals surface area contributed by atoms with Gasteiger partial charge in [0.05, 0.1) is 10.6 Å². The lowest BCUT2D eigenvalue weighted by atomic mass is 10.2. The van der Waals surface area contributed by atoms with Crippen molar-refractivity contribution < 1.29 is 9.53 Å². The quantitative estimate of drug-likeness (QED) is 0.854. The van der Waals surface area contributed by atoms with E-state index in [4.69, 9.17) is 4.74 Å². The van der Waals surface area contributed by atoms with Crippen molar-refractivity contribution in [1.82, 2.24) is 0 Å². The summed E-state index contributed by atoms with van der Waals surface area (Å²) in [6.45, 7) is 15.0. The van der Waals surface area contributed by atoms with E-state index in [1.807, 2.05) is 33.8 Å². The van der Waals surface area contributed by atoms with Crippen LogP contribution in [0.5, 0.6) is 0 Å². The number of anilines is 1. The number of carbonyl (C=O) groups excluding carboxylic acids is 1. The van der Waals surface area contributed by atoms with Crippen LogP contribution in [0.15, 0.2) is 19.2 Å². The van der Waals surface area contributed by atoms with E-state index >= 15 is 0 Å². The third-order valence-electron chi connectivity index (χ3n) is 1.98. The van der Waals surface area contributed by atoms with E-state index in [-0.39, 0.29) is 0 Å². The van der Waals surface area contributed by atoms with Crippen molar-refractivity contribution in [3.8, 4) is 0 Å². The molecule has 18 heavy (non-hydrogen) atoms. The summed E-state index contributed by atoms with van der Waals surface area (Å²) in [5.74, 6) is 0. The first kappa shape index (κ1) is 14.5. The zero-order chi connectivity index (χ0) is 13.9. The Morgan fingerprint density at radius 3 is 2.56 bits per heavy atom. The molecule has 0 saturated carbocycles. The molecule has 98 valence electrons. The first-order chi connectivity index (χ1) is 8.23. The number of ether oxygens (including phenoxy) is 1.